The average Bonchev–Trinajstić information content (AvgIpc) is 2.27. The molecule has 1 aromatic rings. The summed E-state index contributed by atoms with van der Waals surface area (Å²) in [6, 6.07) is 7.74. The van der Waals surface area contributed by atoms with Gasteiger partial charge in [-0.1, -0.05) is 12.1 Å². The predicted octanol–water partition coefficient (Wildman–Crippen LogP) is 1.80. The summed E-state index contributed by atoms with van der Waals surface area (Å²) in [7, 11) is 1.79. The van der Waals surface area contributed by atoms with Crippen LogP contribution in [0.1, 0.15) is 19.4 Å². The van der Waals surface area contributed by atoms with Crippen LogP contribution in [-0.4, -0.2) is 25.5 Å². The van der Waals surface area contributed by atoms with Crippen LogP contribution >= 0.6 is 0 Å². The van der Waals surface area contributed by atoms with Crippen molar-refractivity contribution in [3.05, 3.63) is 29.8 Å². The zero-order valence-electron chi connectivity index (χ0n) is 10.1. The van der Waals surface area contributed by atoms with Crippen LogP contribution in [0.2, 0.25) is 0 Å². The third-order valence-electron chi connectivity index (χ3n) is 2.29. The molecule has 1 unspecified atom stereocenters. The summed E-state index contributed by atoms with van der Waals surface area (Å²) in [6.07, 6.45) is 1.83. The number of hydrogen-bond acceptors (Lipinski definition) is 3. The number of carbonyl (C=O) groups excluding carboxylic acids is 1. The van der Waals surface area contributed by atoms with Crippen LogP contribution in [0.3, 0.4) is 0 Å². The summed E-state index contributed by atoms with van der Waals surface area (Å²) in [6.45, 7) is 3.99. The molecule has 1 rings (SSSR count). The molecule has 0 aliphatic rings. The Balaban J connectivity index is 2.60. The summed E-state index contributed by atoms with van der Waals surface area (Å²) in [5, 5.41) is 2.95. The molecule has 16 heavy (non-hydrogen) atoms. The molecule has 1 N–H and O–H groups in total. The second-order valence-corrected chi connectivity index (χ2v) is 4.05. The normalized spacial score (nSPS) is 12.5. The third-order valence-corrected chi connectivity index (χ3v) is 2.29. The minimum absolute atomic E-state index is 0.114. The van der Waals surface area contributed by atoms with Crippen molar-refractivity contribution < 1.29 is 9.53 Å². The van der Waals surface area contributed by atoms with Gasteiger partial charge in [0.2, 0.25) is 0 Å². The van der Waals surface area contributed by atoms with Crippen LogP contribution in [0.5, 0.6) is 5.75 Å². The van der Waals surface area contributed by atoms with Crippen LogP contribution < -0.4 is 10.1 Å². The van der Waals surface area contributed by atoms with Crippen molar-refractivity contribution in [2.45, 2.75) is 32.4 Å². The Morgan fingerprint density at radius 1 is 1.31 bits per heavy atom. The molecule has 0 aromatic heterocycles. The minimum Gasteiger partial charge on any atom is -0.491 e. The Bertz CT molecular complexity index is 319. The van der Waals surface area contributed by atoms with E-state index in [0.29, 0.717) is 6.42 Å². The number of likely N-dealkylation sites (N-methyl/N-ethyl adjacent to an activating group) is 1. The summed E-state index contributed by atoms with van der Waals surface area (Å²) in [4.78, 5) is 10.7. The zero-order valence-corrected chi connectivity index (χ0v) is 10.1. The molecule has 0 spiro atoms. The molecule has 1 aromatic carbocycles. The maximum Gasteiger partial charge on any atom is 0.137 e. The highest BCUT2D eigenvalue weighted by Gasteiger charge is 2.05. The van der Waals surface area contributed by atoms with Gasteiger partial charge in [0.05, 0.1) is 12.1 Å². The van der Waals surface area contributed by atoms with Crippen molar-refractivity contribution in [3.63, 3.8) is 0 Å². The van der Waals surface area contributed by atoms with Gasteiger partial charge in [0.25, 0.3) is 0 Å². The van der Waals surface area contributed by atoms with Crippen molar-refractivity contribution in [1.29, 1.82) is 0 Å². The van der Waals surface area contributed by atoms with Gasteiger partial charge in [-0.25, -0.2) is 0 Å². The lowest BCUT2D eigenvalue weighted by atomic mass is 10.1. The van der Waals surface area contributed by atoms with Gasteiger partial charge in [0.15, 0.2) is 0 Å². The van der Waals surface area contributed by atoms with E-state index in [9.17, 15) is 4.79 Å². The van der Waals surface area contributed by atoms with Crippen LogP contribution in [0.15, 0.2) is 24.3 Å². The smallest absolute Gasteiger partial charge is 0.137 e. The number of hydrogen-bond donors (Lipinski definition) is 1. The lowest BCUT2D eigenvalue weighted by Gasteiger charge is -2.11. The number of rotatable bonds is 6. The summed E-state index contributed by atoms with van der Waals surface area (Å²) in [5.74, 6) is 0.867. The molecule has 1 atom stereocenters. The fourth-order valence-electron chi connectivity index (χ4n) is 1.45. The van der Waals surface area contributed by atoms with Gasteiger partial charge in [0.1, 0.15) is 12.0 Å². The second-order valence-electron chi connectivity index (χ2n) is 4.05. The first-order valence-corrected chi connectivity index (χ1v) is 5.54. The van der Waals surface area contributed by atoms with Crippen LogP contribution in [0.25, 0.3) is 0 Å². The molecule has 0 saturated carbocycles. The number of nitrogens with one attached hydrogen (secondary N) is 1. The standard InChI is InChI=1S/C13H19NO2/c1-10(2)16-13-6-4-11(5-7-13)8-12(9-15)14-3/h4-7,9-10,12,14H,8H2,1-3H3. The van der Waals surface area contributed by atoms with E-state index >= 15 is 0 Å². The van der Waals surface area contributed by atoms with E-state index in [-0.39, 0.29) is 12.1 Å². The topological polar surface area (TPSA) is 38.3 Å². The molecular weight excluding hydrogens is 202 g/mol. The Morgan fingerprint density at radius 2 is 1.94 bits per heavy atom. The lowest BCUT2D eigenvalue weighted by molar-refractivity contribution is -0.109. The van der Waals surface area contributed by atoms with E-state index in [1.807, 2.05) is 38.1 Å². The maximum atomic E-state index is 10.7. The van der Waals surface area contributed by atoms with Gasteiger partial charge in [0, 0.05) is 0 Å². The van der Waals surface area contributed by atoms with Gasteiger partial charge in [-0.05, 0) is 45.0 Å². The first kappa shape index (κ1) is 12.7. The molecule has 3 nitrogen and oxygen atoms in total. The highest BCUT2D eigenvalue weighted by molar-refractivity contribution is 5.58. The molecule has 0 amide bonds. The van der Waals surface area contributed by atoms with E-state index in [1.165, 1.54) is 0 Å². The highest BCUT2D eigenvalue weighted by Crippen LogP contribution is 2.14. The Kier molecular flexibility index (Phi) is 4.99. The zero-order chi connectivity index (χ0) is 12.0. The van der Waals surface area contributed by atoms with Gasteiger partial charge >= 0.3 is 0 Å². The first-order valence-electron chi connectivity index (χ1n) is 5.54. The van der Waals surface area contributed by atoms with Crippen LogP contribution in [0, 0.1) is 0 Å². The van der Waals surface area contributed by atoms with Crippen molar-refractivity contribution >= 4 is 6.29 Å². The fraction of sp³-hybridized carbons (Fsp3) is 0.462. The molecule has 0 aliphatic carbocycles. The SMILES string of the molecule is CNC(C=O)Cc1ccc(OC(C)C)cc1. The Morgan fingerprint density at radius 3 is 2.38 bits per heavy atom. The molecule has 0 heterocycles. The van der Waals surface area contributed by atoms with Gasteiger partial charge in [-0.3, -0.25) is 0 Å². The molecule has 0 bridgehead atoms. The summed E-state index contributed by atoms with van der Waals surface area (Å²) < 4.78 is 5.54. The van der Waals surface area contributed by atoms with Gasteiger partial charge < -0.3 is 14.8 Å². The van der Waals surface area contributed by atoms with E-state index in [0.717, 1.165) is 17.6 Å². The molecule has 0 radical (unpaired) electrons. The number of aldehydes is 1. The second kappa shape index (κ2) is 6.28. The van der Waals surface area contributed by atoms with E-state index < -0.39 is 0 Å². The molecular formula is C13H19NO2. The Hall–Kier alpha value is -1.35. The predicted molar refractivity (Wildman–Crippen MR) is 64.8 cm³/mol. The first-order chi connectivity index (χ1) is 7.65. The summed E-state index contributed by atoms with van der Waals surface area (Å²) in [5.41, 5.74) is 1.13. The van der Waals surface area contributed by atoms with Gasteiger partial charge in [-0.15, -0.1) is 0 Å². The molecule has 0 fully saturated rings. The number of ether oxygens (including phenoxy) is 1. The van der Waals surface area contributed by atoms with Crippen LogP contribution in [0.4, 0.5) is 0 Å². The summed E-state index contributed by atoms with van der Waals surface area (Å²) >= 11 is 0. The van der Waals surface area contributed by atoms with E-state index in [4.69, 9.17) is 4.74 Å². The average molecular weight is 221 g/mol. The lowest BCUT2D eigenvalue weighted by Crippen LogP contribution is -2.28. The molecule has 88 valence electrons. The van der Waals surface area contributed by atoms with Crippen molar-refractivity contribution in [2.75, 3.05) is 7.05 Å². The number of carbonyl (C=O) groups is 1. The number of benzene rings is 1. The van der Waals surface area contributed by atoms with E-state index in [1.54, 1.807) is 7.05 Å². The molecule has 0 aliphatic heterocycles. The highest BCUT2D eigenvalue weighted by atomic mass is 16.5. The fourth-order valence-corrected chi connectivity index (χ4v) is 1.45. The molecule has 0 saturated heterocycles. The van der Waals surface area contributed by atoms with E-state index in [2.05, 4.69) is 5.32 Å². The van der Waals surface area contributed by atoms with Crippen molar-refractivity contribution in [2.24, 2.45) is 0 Å². The quantitative estimate of drug-likeness (QED) is 0.744. The van der Waals surface area contributed by atoms with Crippen LogP contribution in [-0.2, 0) is 11.2 Å². The van der Waals surface area contributed by atoms with Crippen molar-refractivity contribution in [1.82, 2.24) is 5.32 Å². The maximum absolute atomic E-state index is 10.7. The molecule has 3 heteroatoms. The minimum atomic E-state index is -0.114. The Labute approximate surface area is 96.8 Å². The largest absolute Gasteiger partial charge is 0.491 e. The third kappa shape index (κ3) is 4.03. The monoisotopic (exact) mass is 221 g/mol. The van der Waals surface area contributed by atoms with Crippen molar-refractivity contribution in [3.8, 4) is 5.75 Å². The van der Waals surface area contributed by atoms with Gasteiger partial charge in [-0.2, -0.15) is 0 Å².